The van der Waals surface area contributed by atoms with E-state index in [9.17, 15) is 19.2 Å². The summed E-state index contributed by atoms with van der Waals surface area (Å²) in [5.74, 6) is -1.61. The molecule has 1 aliphatic heterocycles. The van der Waals surface area contributed by atoms with Crippen LogP contribution in [0.1, 0.15) is 23.2 Å². The van der Waals surface area contributed by atoms with Gasteiger partial charge in [-0.25, -0.2) is 4.79 Å². The summed E-state index contributed by atoms with van der Waals surface area (Å²) in [6.07, 6.45) is -1.62. The standard InChI is InChI=1S/C7H7NO.C5H5NO5/c8-7(9)6-4-2-1-3-5-6;7-3-1-2-4(8)6(3)11-5(9)10/h1-5H,(H2,8,9);1-2H2,(H,9,10). The van der Waals surface area contributed by atoms with Crippen LogP contribution in [0.2, 0.25) is 0 Å². The monoisotopic (exact) mass is 280 g/mol. The van der Waals surface area contributed by atoms with Crippen molar-refractivity contribution in [2.75, 3.05) is 0 Å². The summed E-state index contributed by atoms with van der Waals surface area (Å²) in [5.41, 5.74) is 5.53. The minimum Gasteiger partial charge on any atom is -0.448 e. The number of imide groups is 1. The molecule has 0 spiro atoms. The maximum Gasteiger partial charge on any atom is 0.531 e. The average molecular weight is 280 g/mol. The first-order chi connectivity index (χ1) is 9.41. The van der Waals surface area contributed by atoms with E-state index in [1.54, 1.807) is 24.3 Å². The molecule has 1 heterocycles. The van der Waals surface area contributed by atoms with Gasteiger partial charge in [-0.2, -0.15) is 0 Å². The number of nitrogens with two attached hydrogens (primary N) is 1. The van der Waals surface area contributed by atoms with Crippen LogP contribution in [0.25, 0.3) is 0 Å². The molecule has 8 heteroatoms. The Morgan fingerprint density at radius 2 is 1.60 bits per heavy atom. The minimum atomic E-state index is -1.66. The van der Waals surface area contributed by atoms with Gasteiger partial charge < -0.3 is 10.8 Å². The first kappa shape index (κ1) is 15.2. The van der Waals surface area contributed by atoms with Crippen LogP contribution in [-0.4, -0.2) is 34.0 Å². The summed E-state index contributed by atoms with van der Waals surface area (Å²) in [6, 6.07) is 8.76. The van der Waals surface area contributed by atoms with Crippen molar-refractivity contribution in [1.29, 1.82) is 0 Å². The second-order valence-corrected chi connectivity index (χ2v) is 3.67. The van der Waals surface area contributed by atoms with Gasteiger partial charge in [0.1, 0.15) is 0 Å². The zero-order valence-corrected chi connectivity index (χ0v) is 10.3. The van der Waals surface area contributed by atoms with Gasteiger partial charge in [-0.15, -0.1) is 0 Å². The topological polar surface area (TPSA) is 127 Å². The van der Waals surface area contributed by atoms with E-state index in [0.29, 0.717) is 5.56 Å². The van der Waals surface area contributed by atoms with Crippen LogP contribution in [-0.2, 0) is 14.4 Å². The third-order valence-corrected chi connectivity index (χ3v) is 2.23. The summed E-state index contributed by atoms with van der Waals surface area (Å²) in [4.78, 5) is 45.5. The van der Waals surface area contributed by atoms with Gasteiger partial charge >= 0.3 is 6.16 Å². The Bertz CT molecular complexity index is 512. The van der Waals surface area contributed by atoms with Gasteiger partial charge in [-0.05, 0) is 12.1 Å². The Hall–Kier alpha value is -2.90. The molecular weight excluding hydrogens is 268 g/mol. The number of amides is 3. The number of hydroxylamine groups is 2. The molecule has 1 fully saturated rings. The number of primary amides is 1. The molecule has 0 atom stereocenters. The predicted octanol–water partition coefficient (Wildman–Crippen LogP) is 0.531. The highest BCUT2D eigenvalue weighted by molar-refractivity contribution is 6.01. The molecule has 106 valence electrons. The van der Waals surface area contributed by atoms with Gasteiger partial charge in [0.05, 0.1) is 0 Å². The van der Waals surface area contributed by atoms with Crippen molar-refractivity contribution < 1.29 is 29.1 Å². The van der Waals surface area contributed by atoms with Gasteiger partial charge in [0.25, 0.3) is 11.8 Å². The lowest BCUT2D eigenvalue weighted by molar-refractivity contribution is -0.175. The summed E-state index contributed by atoms with van der Waals surface area (Å²) in [6.45, 7) is 0. The molecule has 0 radical (unpaired) electrons. The molecule has 0 saturated carbocycles. The van der Waals surface area contributed by atoms with Crippen molar-refractivity contribution in [2.45, 2.75) is 12.8 Å². The van der Waals surface area contributed by atoms with Gasteiger partial charge in [0.15, 0.2) is 0 Å². The summed E-state index contributed by atoms with van der Waals surface area (Å²) >= 11 is 0. The highest BCUT2D eigenvalue weighted by Crippen LogP contribution is 2.11. The van der Waals surface area contributed by atoms with Crippen molar-refractivity contribution in [1.82, 2.24) is 5.06 Å². The van der Waals surface area contributed by atoms with Gasteiger partial charge in [-0.3, -0.25) is 19.2 Å². The molecule has 1 aliphatic rings. The Morgan fingerprint density at radius 1 is 1.10 bits per heavy atom. The number of hydrogen-bond donors (Lipinski definition) is 2. The number of carboxylic acid groups (broad SMARTS) is 1. The van der Waals surface area contributed by atoms with Crippen LogP contribution >= 0.6 is 0 Å². The second kappa shape index (κ2) is 6.88. The average Bonchev–Trinajstić information content (AvgIpc) is 2.72. The van der Waals surface area contributed by atoms with E-state index < -0.39 is 18.0 Å². The third kappa shape index (κ3) is 4.41. The molecule has 0 aromatic heterocycles. The van der Waals surface area contributed by atoms with Crippen LogP contribution in [0.4, 0.5) is 4.79 Å². The fourth-order valence-corrected chi connectivity index (χ4v) is 1.34. The highest BCUT2D eigenvalue weighted by Gasteiger charge is 2.32. The lowest BCUT2D eigenvalue weighted by atomic mass is 10.2. The fraction of sp³-hybridized carbons (Fsp3) is 0.167. The Morgan fingerprint density at radius 3 is 1.95 bits per heavy atom. The third-order valence-electron chi connectivity index (χ3n) is 2.23. The fourth-order valence-electron chi connectivity index (χ4n) is 1.34. The second-order valence-electron chi connectivity index (χ2n) is 3.67. The van der Waals surface area contributed by atoms with Gasteiger partial charge in [0, 0.05) is 18.4 Å². The molecule has 1 aromatic carbocycles. The molecule has 0 bridgehead atoms. The number of carbonyl (C=O) groups excluding carboxylic acids is 3. The number of nitrogens with zero attached hydrogens (tertiary/aromatic N) is 1. The molecule has 1 aromatic rings. The lowest BCUT2D eigenvalue weighted by Crippen LogP contribution is -2.31. The van der Waals surface area contributed by atoms with E-state index in [2.05, 4.69) is 4.84 Å². The normalized spacial score (nSPS) is 13.5. The highest BCUT2D eigenvalue weighted by atomic mass is 16.8. The number of rotatable bonds is 2. The Balaban J connectivity index is 0.000000204. The Labute approximate surface area is 113 Å². The van der Waals surface area contributed by atoms with Crippen LogP contribution in [0.15, 0.2) is 30.3 Å². The van der Waals surface area contributed by atoms with E-state index >= 15 is 0 Å². The van der Waals surface area contributed by atoms with E-state index in [1.165, 1.54) is 0 Å². The molecule has 8 nitrogen and oxygen atoms in total. The minimum absolute atomic E-state index is 0.0200. The predicted molar refractivity (Wildman–Crippen MR) is 65.2 cm³/mol. The quantitative estimate of drug-likeness (QED) is 0.761. The van der Waals surface area contributed by atoms with E-state index in [0.717, 1.165) is 0 Å². The molecule has 1 saturated heterocycles. The number of benzene rings is 1. The molecule has 20 heavy (non-hydrogen) atoms. The Kier molecular flexibility index (Phi) is 5.21. The smallest absolute Gasteiger partial charge is 0.448 e. The summed E-state index contributed by atoms with van der Waals surface area (Å²) in [5, 5.41) is 8.31. The van der Waals surface area contributed by atoms with Crippen molar-refractivity contribution in [3.05, 3.63) is 35.9 Å². The zero-order chi connectivity index (χ0) is 15.1. The van der Waals surface area contributed by atoms with Crippen LogP contribution < -0.4 is 5.73 Å². The summed E-state index contributed by atoms with van der Waals surface area (Å²) < 4.78 is 0. The lowest BCUT2D eigenvalue weighted by Gasteiger charge is -2.08. The maximum atomic E-state index is 10.6. The maximum absolute atomic E-state index is 10.6. The van der Waals surface area contributed by atoms with E-state index in [1.807, 2.05) is 6.07 Å². The summed E-state index contributed by atoms with van der Waals surface area (Å²) in [7, 11) is 0. The van der Waals surface area contributed by atoms with E-state index in [4.69, 9.17) is 10.8 Å². The van der Waals surface area contributed by atoms with E-state index in [-0.39, 0.29) is 23.8 Å². The molecule has 3 N–H and O–H groups in total. The van der Waals surface area contributed by atoms with Crippen molar-refractivity contribution in [3.8, 4) is 0 Å². The zero-order valence-electron chi connectivity index (χ0n) is 10.3. The molecule has 2 rings (SSSR count). The first-order valence-corrected chi connectivity index (χ1v) is 5.53. The van der Waals surface area contributed by atoms with Crippen molar-refractivity contribution in [2.24, 2.45) is 5.73 Å². The largest absolute Gasteiger partial charge is 0.531 e. The van der Waals surface area contributed by atoms with Crippen molar-refractivity contribution >= 4 is 23.9 Å². The van der Waals surface area contributed by atoms with Crippen LogP contribution in [0.5, 0.6) is 0 Å². The first-order valence-electron chi connectivity index (χ1n) is 5.53. The van der Waals surface area contributed by atoms with Gasteiger partial charge in [0.2, 0.25) is 5.91 Å². The molecule has 3 amide bonds. The molecule has 0 unspecified atom stereocenters. The molecular formula is C12H12N2O6. The van der Waals surface area contributed by atoms with Crippen LogP contribution in [0, 0.1) is 0 Å². The van der Waals surface area contributed by atoms with Crippen molar-refractivity contribution in [3.63, 3.8) is 0 Å². The number of carbonyl (C=O) groups is 4. The SMILES string of the molecule is NC(=O)c1ccccc1.O=C(O)ON1C(=O)CCC1=O. The van der Waals surface area contributed by atoms with Crippen LogP contribution in [0.3, 0.4) is 0 Å². The van der Waals surface area contributed by atoms with Gasteiger partial charge in [-0.1, -0.05) is 23.3 Å². The number of hydrogen-bond acceptors (Lipinski definition) is 5. The molecule has 0 aliphatic carbocycles.